The molecule has 0 aliphatic carbocycles. The summed E-state index contributed by atoms with van der Waals surface area (Å²) < 4.78 is 9.73. The van der Waals surface area contributed by atoms with Gasteiger partial charge in [-0.05, 0) is 0 Å². The van der Waals surface area contributed by atoms with Gasteiger partial charge in [0.15, 0.2) is 6.29 Å². The van der Waals surface area contributed by atoms with Crippen LogP contribution in [0.1, 0.15) is 0 Å². The molecule has 0 amide bonds. The monoisotopic (exact) mass is 193 g/mol. The average Bonchev–Trinajstić information content (AvgIpc) is 2.12. The van der Waals surface area contributed by atoms with Crippen molar-refractivity contribution in [3.8, 4) is 0 Å². The Hall–Kier alpha value is -0.240. The molecule has 5 atom stereocenters. The highest BCUT2D eigenvalue weighted by atomic mass is 16.6. The molecule has 5 N–H and O–H groups in total. The van der Waals surface area contributed by atoms with Crippen molar-refractivity contribution in [2.45, 2.75) is 30.6 Å². The first-order valence-electron chi connectivity index (χ1n) is 4.02. The maximum atomic E-state index is 9.52. The quantitative estimate of drug-likeness (QED) is 0.383. The van der Waals surface area contributed by atoms with Crippen LogP contribution in [0.25, 0.3) is 0 Å². The Balaban J connectivity index is 2.69. The molecule has 1 rings (SSSR count). The SMILES string of the molecule is COC1C(N)C(O)OC(CO)C1O. The number of aliphatic hydroxyl groups is 3. The molecule has 1 heterocycles. The summed E-state index contributed by atoms with van der Waals surface area (Å²) in [6, 6.07) is -0.803. The number of hydrogen-bond donors (Lipinski definition) is 4. The molecule has 6 nitrogen and oxygen atoms in total. The average molecular weight is 193 g/mol. The lowest BCUT2D eigenvalue weighted by molar-refractivity contribution is -0.253. The minimum Gasteiger partial charge on any atom is -0.394 e. The number of ether oxygens (including phenoxy) is 2. The van der Waals surface area contributed by atoms with E-state index in [1.54, 1.807) is 0 Å². The molecule has 5 unspecified atom stereocenters. The maximum absolute atomic E-state index is 9.52. The molecule has 1 aliphatic heterocycles. The first kappa shape index (κ1) is 10.8. The summed E-state index contributed by atoms with van der Waals surface area (Å²) >= 11 is 0. The van der Waals surface area contributed by atoms with Gasteiger partial charge >= 0.3 is 0 Å². The van der Waals surface area contributed by atoms with Gasteiger partial charge in [0, 0.05) is 7.11 Å². The van der Waals surface area contributed by atoms with Crippen molar-refractivity contribution in [3.63, 3.8) is 0 Å². The molecule has 0 aromatic carbocycles. The van der Waals surface area contributed by atoms with E-state index in [2.05, 4.69) is 0 Å². The lowest BCUT2D eigenvalue weighted by Gasteiger charge is -2.39. The molecule has 13 heavy (non-hydrogen) atoms. The van der Waals surface area contributed by atoms with Gasteiger partial charge in [-0.15, -0.1) is 0 Å². The summed E-state index contributed by atoms with van der Waals surface area (Å²) in [4.78, 5) is 0. The summed E-state index contributed by atoms with van der Waals surface area (Å²) in [6.45, 7) is -0.384. The lowest BCUT2D eigenvalue weighted by Crippen LogP contribution is -2.62. The molecule has 0 bridgehead atoms. The molecular weight excluding hydrogens is 178 g/mol. The number of methoxy groups -OCH3 is 1. The van der Waals surface area contributed by atoms with Crippen LogP contribution in [0.3, 0.4) is 0 Å². The molecule has 0 saturated carbocycles. The van der Waals surface area contributed by atoms with Crippen molar-refractivity contribution < 1.29 is 24.8 Å². The summed E-state index contributed by atoms with van der Waals surface area (Å²) in [5, 5.41) is 27.6. The summed E-state index contributed by atoms with van der Waals surface area (Å²) in [5.74, 6) is 0. The fraction of sp³-hybridized carbons (Fsp3) is 1.00. The Morgan fingerprint density at radius 3 is 2.54 bits per heavy atom. The first-order valence-corrected chi connectivity index (χ1v) is 4.02. The fourth-order valence-electron chi connectivity index (χ4n) is 1.40. The topological polar surface area (TPSA) is 105 Å². The van der Waals surface area contributed by atoms with Crippen molar-refractivity contribution in [1.82, 2.24) is 0 Å². The predicted molar refractivity (Wildman–Crippen MR) is 42.7 cm³/mol. The second-order valence-corrected chi connectivity index (χ2v) is 3.02. The van der Waals surface area contributed by atoms with E-state index in [9.17, 15) is 10.2 Å². The molecule has 0 spiro atoms. The van der Waals surface area contributed by atoms with E-state index < -0.39 is 30.6 Å². The van der Waals surface area contributed by atoms with Crippen molar-refractivity contribution >= 4 is 0 Å². The Labute approximate surface area is 75.9 Å². The van der Waals surface area contributed by atoms with Gasteiger partial charge in [0.2, 0.25) is 0 Å². The third-order valence-electron chi connectivity index (χ3n) is 2.19. The standard InChI is InChI=1S/C7H15NO5/c1-12-6-4(8)7(11)13-3(2-9)5(6)10/h3-7,9-11H,2,8H2,1H3. The van der Waals surface area contributed by atoms with Gasteiger partial charge in [0.1, 0.15) is 18.3 Å². The molecule has 0 aromatic rings. The highest BCUT2D eigenvalue weighted by molar-refractivity contribution is 4.91. The number of aliphatic hydroxyl groups excluding tert-OH is 3. The zero-order valence-electron chi connectivity index (χ0n) is 7.33. The third-order valence-corrected chi connectivity index (χ3v) is 2.19. The smallest absolute Gasteiger partial charge is 0.173 e. The largest absolute Gasteiger partial charge is 0.394 e. The van der Waals surface area contributed by atoms with Crippen LogP contribution in [0, 0.1) is 0 Å². The van der Waals surface area contributed by atoms with Crippen LogP contribution in [0.5, 0.6) is 0 Å². The van der Waals surface area contributed by atoms with Gasteiger partial charge in [0.25, 0.3) is 0 Å². The maximum Gasteiger partial charge on any atom is 0.173 e. The Kier molecular flexibility index (Phi) is 3.60. The minimum atomic E-state index is -1.22. The van der Waals surface area contributed by atoms with E-state index in [1.807, 2.05) is 0 Å². The lowest BCUT2D eigenvalue weighted by atomic mass is 9.98. The van der Waals surface area contributed by atoms with Crippen LogP contribution >= 0.6 is 0 Å². The predicted octanol–water partition coefficient (Wildman–Crippen LogP) is -2.60. The summed E-state index contributed by atoms with van der Waals surface area (Å²) in [7, 11) is 1.38. The Morgan fingerprint density at radius 2 is 2.08 bits per heavy atom. The van der Waals surface area contributed by atoms with E-state index >= 15 is 0 Å². The van der Waals surface area contributed by atoms with Gasteiger partial charge in [-0.1, -0.05) is 0 Å². The number of rotatable bonds is 2. The molecule has 1 aliphatic rings. The van der Waals surface area contributed by atoms with E-state index in [0.29, 0.717) is 0 Å². The van der Waals surface area contributed by atoms with Crippen LogP contribution in [-0.2, 0) is 9.47 Å². The van der Waals surface area contributed by atoms with Gasteiger partial charge < -0.3 is 30.5 Å². The fourth-order valence-corrected chi connectivity index (χ4v) is 1.40. The van der Waals surface area contributed by atoms with Crippen LogP contribution in [-0.4, -0.2) is 59.7 Å². The Morgan fingerprint density at radius 1 is 1.46 bits per heavy atom. The zero-order valence-corrected chi connectivity index (χ0v) is 7.33. The highest BCUT2D eigenvalue weighted by Gasteiger charge is 2.42. The van der Waals surface area contributed by atoms with Gasteiger partial charge in [0.05, 0.1) is 12.6 Å². The first-order chi connectivity index (χ1) is 6.11. The van der Waals surface area contributed by atoms with Crippen molar-refractivity contribution in [2.24, 2.45) is 5.73 Å². The van der Waals surface area contributed by atoms with Gasteiger partial charge in [-0.2, -0.15) is 0 Å². The van der Waals surface area contributed by atoms with Crippen LogP contribution in [0.15, 0.2) is 0 Å². The number of nitrogens with two attached hydrogens (primary N) is 1. The second-order valence-electron chi connectivity index (χ2n) is 3.02. The van der Waals surface area contributed by atoms with E-state index in [1.165, 1.54) is 7.11 Å². The molecular formula is C7H15NO5. The molecule has 1 fully saturated rings. The van der Waals surface area contributed by atoms with E-state index in [-0.39, 0.29) is 6.61 Å². The molecule has 78 valence electrons. The van der Waals surface area contributed by atoms with Crippen LogP contribution < -0.4 is 5.73 Å². The Bertz CT molecular complexity index is 167. The minimum absolute atomic E-state index is 0.384. The molecule has 0 radical (unpaired) electrons. The number of hydrogen-bond acceptors (Lipinski definition) is 6. The van der Waals surface area contributed by atoms with E-state index in [0.717, 1.165) is 0 Å². The molecule has 6 heteroatoms. The van der Waals surface area contributed by atoms with Crippen molar-refractivity contribution in [1.29, 1.82) is 0 Å². The van der Waals surface area contributed by atoms with Gasteiger partial charge in [-0.3, -0.25) is 0 Å². The van der Waals surface area contributed by atoms with Crippen molar-refractivity contribution in [3.05, 3.63) is 0 Å². The summed E-state index contributed by atoms with van der Waals surface area (Å²) in [6.07, 6.45) is -3.81. The highest BCUT2D eigenvalue weighted by Crippen LogP contribution is 2.20. The van der Waals surface area contributed by atoms with Crippen LogP contribution in [0.4, 0.5) is 0 Å². The third kappa shape index (κ3) is 1.98. The van der Waals surface area contributed by atoms with Crippen LogP contribution in [0.2, 0.25) is 0 Å². The van der Waals surface area contributed by atoms with E-state index in [4.69, 9.17) is 20.3 Å². The molecule has 0 aromatic heterocycles. The summed E-state index contributed by atoms with van der Waals surface area (Å²) in [5.41, 5.74) is 5.50. The van der Waals surface area contributed by atoms with Gasteiger partial charge in [-0.25, -0.2) is 0 Å². The second kappa shape index (κ2) is 4.32. The normalized spacial score (nSPS) is 46.4. The van der Waals surface area contributed by atoms with Crippen molar-refractivity contribution in [2.75, 3.05) is 13.7 Å². The zero-order chi connectivity index (χ0) is 10.0. The molecule has 1 saturated heterocycles.